The summed E-state index contributed by atoms with van der Waals surface area (Å²) in [5, 5.41) is 13.4. The number of aliphatic carboxylic acids is 1. The Hall–Kier alpha value is -2.70. The number of aromatic nitrogens is 2. The fraction of sp³-hybridized carbons (Fsp3) is 0.263. The van der Waals surface area contributed by atoms with E-state index in [1.54, 1.807) is 37.3 Å². The molecule has 1 aliphatic rings. The minimum absolute atomic E-state index is 0.142. The summed E-state index contributed by atoms with van der Waals surface area (Å²) in [6.07, 6.45) is -3.55. The number of alkyl halides is 3. The van der Waals surface area contributed by atoms with Gasteiger partial charge >= 0.3 is 12.1 Å². The molecule has 2 aromatic heterocycles. The number of rotatable bonds is 6. The first-order valence-corrected chi connectivity index (χ1v) is 11.3. The van der Waals surface area contributed by atoms with Crippen LogP contribution in [0.3, 0.4) is 0 Å². The number of halogens is 3. The second kappa shape index (κ2) is 7.18. The predicted octanol–water partition coefficient (Wildman–Crippen LogP) is 3.49. The number of sulfonamides is 1. The Balaban J connectivity index is 1.62. The topological polar surface area (TPSA) is 101 Å². The molecular formula is C19H16F3N3O4S2. The minimum Gasteiger partial charge on any atom is -0.480 e. The minimum atomic E-state index is -4.62. The van der Waals surface area contributed by atoms with Crippen LogP contribution >= 0.6 is 11.3 Å². The van der Waals surface area contributed by atoms with Crippen molar-refractivity contribution >= 4 is 27.3 Å². The van der Waals surface area contributed by atoms with E-state index in [1.807, 2.05) is 0 Å². The van der Waals surface area contributed by atoms with Gasteiger partial charge in [-0.25, -0.2) is 13.1 Å². The van der Waals surface area contributed by atoms with Crippen molar-refractivity contribution in [1.82, 2.24) is 14.5 Å². The van der Waals surface area contributed by atoms with Crippen LogP contribution in [0.2, 0.25) is 0 Å². The molecule has 3 atom stereocenters. The Kier molecular flexibility index (Phi) is 4.98. The van der Waals surface area contributed by atoms with Gasteiger partial charge in [0, 0.05) is 12.1 Å². The van der Waals surface area contributed by atoms with E-state index in [1.165, 1.54) is 12.1 Å². The van der Waals surface area contributed by atoms with E-state index in [0.29, 0.717) is 16.9 Å². The molecule has 3 aromatic rings. The van der Waals surface area contributed by atoms with Crippen molar-refractivity contribution in [2.75, 3.05) is 0 Å². The van der Waals surface area contributed by atoms with Crippen LogP contribution in [0.1, 0.15) is 24.1 Å². The average molecular weight is 471 g/mol. The molecule has 1 aromatic carbocycles. The number of nitrogens with zero attached hydrogens (tertiary/aromatic N) is 2. The summed E-state index contributed by atoms with van der Waals surface area (Å²) in [5.74, 6) is -2.35. The molecule has 12 heteroatoms. The first-order valence-electron chi connectivity index (χ1n) is 9.02. The quantitative estimate of drug-likeness (QED) is 0.573. The van der Waals surface area contributed by atoms with Crippen LogP contribution < -0.4 is 4.72 Å². The van der Waals surface area contributed by atoms with Gasteiger partial charge in [0.2, 0.25) is 0 Å². The smallest absolute Gasteiger partial charge is 0.435 e. The Morgan fingerprint density at radius 2 is 1.87 bits per heavy atom. The summed E-state index contributed by atoms with van der Waals surface area (Å²) in [5.41, 5.74) is -2.12. The zero-order valence-electron chi connectivity index (χ0n) is 15.9. The van der Waals surface area contributed by atoms with Crippen LogP contribution in [0.5, 0.6) is 0 Å². The Labute approximate surface area is 179 Å². The zero-order chi connectivity index (χ0) is 22.6. The molecule has 0 spiro atoms. The number of thiophene rings is 1. The van der Waals surface area contributed by atoms with Crippen molar-refractivity contribution in [2.24, 2.45) is 5.92 Å². The largest absolute Gasteiger partial charge is 0.480 e. The molecule has 0 bridgehead atoms. The van der Waals surface area contributed by atoms with E-state index < -0.39 is 45.2 Å². The maximum atomic E-state index is 13.0. The fourth-order valence-electron chi connectivity index (χ4n) is 3.75. The molecule has 0 saturated heterocycles. The number of nitrogens with one attached hydrogen (secondary N) is 1. The van der Waals surface area contributed by atoms with Crippen molar-refractivity contribution in [3.8, 4) is 5.00 Å². The molecular weight excluding hydrogens is 455 g/mol. The summed E-state index contributed by atoms with van der Waals surface area (Å²) < 4.78 is 67.2. The molecule has 1 fully saturated rings. The molecule has 2 heterocycles. The van der Waals surface area contributed by atoms with E-state index in [2.05, 4.69) is 9.82 Å². The van der Waals surface area contributed by atoms with Gasteiger partial charge in [-0.15, -0.1) is 11.3 Å². The number of hydrogen-bond acceptors (Lipinski definition) is 5. The summed E-state index contributed by atoms with van der Waals surface area (Å²) >= 11 is 0.685. The molecule has 2 N–H and O–H groups in total. The fourth-order valence-corrected chi connectivity index (χ4v) is 6.44. The highest BCUT2D eigenvalue weighted by molar-refractivity contribution is 7.91. The average Bonchev–Trinajstić information content (AvgIpc) is 3.13. The van der Waals surface area contributed by atoms with Crippen LogP contribution in [0.15, 0.2) is 58.9 Å². The normalized spacial score (nSPS) is 23.6. The Bertz CT molecular complexity index is 1240. The van der Waals surface area contributed by atoms with E-state index in [9.17, 15) is 31.5 Å². The summed E-state index contributed by atoms with van der Waals surface area (Å²) in [6.45, 7) is 1.65. The molecule has 7 nitrogen and oxygen atoms in total. The molecule has 4 rings (SSSR count). The van der Waals surface area contributed by atoms with E-state index in [0.717, 1.165) is 16.9 Å². The van der Waals surface area contributed by atoms with Gasteiger partial charge in [0.05, 0.1) is 0 Å². The SMILES string of the molecule is CC1[C@H](c2ccccc2)[C@]1(NS(=O)(=O)c1ccc(-n2ccc(C(F)(F)F)n2)s1)C(=O)O. The third-order valence-corrected chi connectivity index (χ3v) is 8.40. The molecule has 1 aliphatic carbocycles. The lowest BCUT2D eigenvalue weighted by atomic mass is 10.1. The number of benzene rings is 1. The molecule has 0 amide bonds. The lowest BCUT2D eigenvalue weighted by Crippen LogP contribution is -2.45. The highest BCUT2D eigenvalue weighted by atomic mass is 32.2. The Morgan fingerprint density at radius 3 is 2.45 bits per heavy atom. The number of hydrogen-bond donors (Lipinski definition) is 2. The number of carboxylic acids is 1. The molecule has 0 aliphatic heterocycles. The van der Waals surface area contributed by atoms with Crippen molar-refractivity contribution < 1.29 is 31.5 Å². The lowest BCUT2D eigenvalue weighted by Gasteiger charge is -2.15. The van der Waals surface area contributed by atoms with Gasteiger partial charge in [-0.2, -0.15) is 23.0 Å². The standard InChI is InChI=1S/C19H16F3N3O4S2/c1-11-16(12-5-3-2-4-6-12)18(11,17(26)27)24-31(28,29)15-8-7-14(30-15)25-10-9-13(23-25)19(20,21)22/h2-11,16,24H,1H3,(H,26,27)/t11?,16-,18+/m1/s1. The predicted molar refractivity (Wildman–Crippen MR) is 105 cm³/mol. The lowest BCUT2D eigenvalue weighted by molar-refractivity contribution is -0.141. The van der Waals surface area contributed by atoms with Gasteiger partial charge in [-0.1, -0.05) is 37.3 Å². The van der Waals surface area contributed by atoms with E-state index in [-0.39, 0.29) is 9.21 Å². The number of carbonyl (C=O) groups is 1. The van der Waals surface area contributed by atoms with Crippen molar-refractivity contribution in [2.45, 2.75) is 28.8 Å². The first kappa shape index (κ1) is 21.5. The van der Waals surface area contributed by atoms with Gasteiger partial charge in [-0.05, 0) is 29.7 Å². The van der Waals surface area contributed by atoms with Crippen molar-refractivity contribution in [3.05, 3.63) is 66.0 Å². The second-order valence-corrected chi connectivity index (χ2v) is 10.2. The van der Waals surface area contributed by atoms with Gasteiger partial charge in [0.15, 0.2) is 5.69 Å². The van der Waals surface area contributed by atoms with Crippen molar-refractivity contribution in [3.63, 3.8) is 0 Å². The van der Waals surface area contributed by atoms with Gasteiger partial charge in [0.1, 0.15) is 14.7 Å². The van der Waals surface area contributed by atoms with Crippen molar-refractivity contribution in [1.29, 1.82) is 0 Å². The van der Waals surface area contributed by atoms with Gasteiger partial charge in [-0.3, -0.25) is 4.79 Å². The maximum Gasteiger partial charge on any atom is 0.435 e. The van der Waals surface area contributed by atoms with Gasteiger partial charge < -0.3 is 5.11 Å². The second-order valence-electron chi connectivity index (χ2n) is 7.19. The van der Waals surface area contributed by atoms with Crippen LogP contribution in [-0.4, -0.2) is 34.8 Å². The first-order chi connectivity index (χ1) is 14.5. The zero-order valence-corrected chi connectivity index (χ0v) is 17.5. The third-order valence-electron chi connectivity index (χ3n) is 5.35. The van der Waals surface area contributed by atoms with Gasteiger partial charge in [0.25, 0.3) is 10.0 Å². The highest BCUT2D eigenvalue weighted by Crippen LogP contribution is 2.58. The van der Waals surface area contributed by atoms with Crippen LogP contribution in [0.4, 0.5) is 13.2 Å². The van der Waals surface area contributed by atoms with E-state index >= 15 is 0 Å². The van der Waals surface area contributed by atoms with E-state index in [4.69, 9.17) is 0 Å². The van der Waals surface area contributed by atoms with Crippen LogP contribution in [0, 0.1) is 5.92 Å². The summed E-state index contributed by atoms with van der Waals surface area (Å²) in [7, 11) is -4.26. The maximum absolute atomic E-state index is 13.0. The van der Waals surface area contributed by atoms with Crippen LogP contribution in [-0.2, 0) is 21.0 Å². The molecule has 1 unspecified atom stereocenters. The Morgan fingerprint density at radius 1 is 1.19 bits per heavy atom. The molecule has 0 radical (unpaired) electrons. The monoisotopic (exact) mass is 471 g/mol. The summed E-state index contributed by atoms with van der Waals surface area (Å²) in [4.78, 5) is 12.1. The van der Waals surface area contributed by atoms with Crippen LogP contribution in [0.25, 0.3) is 5.00 Å². The summed E-state index contributed by atoms with van der Waals surface area (Å²) in [6, 6.07) is 12.0. The number of carboxylic acid groups (broad SMARTS) is 1. The highest BCUT2D eigenvalue weighted by Gasteiger charge is 2.70. The molecule has 1 saturated carbocycles. The molecule has 164 valence electrons. The third kappa shape index (κ3) is 3.64. The molecule has 31 heavy (non-hydrogen) atoms.